The van der Waals surface area contributed by atoms with Gasteiger partial charge in [-0.2, -0.15) is 0 Å². The van der Waals surface area contributed by atoms with Gasteiger partial charge in [0.2, 0.25) is 0 Å². The zero-order valence-corrected chi connectivity index (χ0v) is 46.3. The van der Waals surface area contributed by atoms with E-state index in [0.29, 0.717) is 91.6 Å². The van der Waals surface area contributed by atoms with E-state index in [2.05, 4.69) is 45.2 Å². The van der Waals surface area contributed by atoms with Crippen molar-refractivity contribution in [1.82, 2.24) is 59.0 Å². The number of hydrogen-bond acceptors (Lipinski definition) is 14. The molecule has 408 valence electrons. The van der Waals surface area contributed by atoms with Crippen LogP contribution in [0.5, 0.6) is 0 Å². The van der Waals surface area contributed by atoms with Crippen LogP contribution < -0.4 is 22.2 Å². The maximum atomic E-state index is 14.2. The highest BCUT2D eigenvalue weighted by Crippen LogP contribution is 2.28. The number of aromatic amines is 2. The van der Waals surface area contributed by atoms with E-state index in [4.69, 9.17) is 36.8 Å². The van der Waals surface area contributed by atoms with E-state index >= 15 is 0 Å². The highest BCUT2D eigenvalue weighted by Gasteiger charge is 2.26. The zero-order valence-electron chi connectivity index (χ0n) is 45.6. The second-order valence-corrected chi connectivity index (χ2v) is 19.8. The highest BCUT2D eigenvalue weighted by atomic mass is 35.5. The van der Waals surface area contributed by atoms with Gasteiger partial charge in [0.05, 0.1) is 78.3 Å². The summed E-state index contributed by atoms with van der Waals surface area (Å²) in [6, 6.07) is 45.8. The average Bonchev–Trinajstić information content (AvgIpc) is 4.28. The van der Waals surface area contributed by atoms with Gasteiger partial charge in [-0.15, -0.1) is 0 Å². The van der Waals surface area contributed by atoms with Crippen molar-refractivity contribution < 1.29 is 9.47 Å². The van der Waals surface area contributed by atoms with E-state index in [0.717, 1.165) is 44.8 Å². The molecule has 6 aromatic carbocycles. The Bertz CT molecular complexity index is 4300. The fourth-order valence-corrected chi connectivity index (χ4v) is 9.78. The summed E-state index contributed by atoms with van der Waals surface area (Å²) in [7, 11) is 0. The normalized spacial score (nSPS) is 12.0. The number of fused-ring (bicyclic) bond motifs is 4. The van der Waals surface area contributed by atoms with E-state index in [9.17, 15) is 9.59 Å². The smallest absolute Gasteiger partial charge is 0.266 e. The lowest BCUT2D eigenvalue weighted by Crippen LogP contribution is -2.31. The Kier molecular flexibility index (Phi) is 16.8. The lowest BCUT2D eigenvalue weighted by Gasteiger charge is -2.24. The molecule has 19 heteroatoms. The first kappa shape index (κ1) is 55.0. The molecule has 0 saturated heterocycles. The first-order valence-electron chi connectivity index (χ1n) is 26.3. The summed E-state index contributed by atoms with van der Waals surface area (Å²) in [6.45, 7) is 12.8. The molecule has 0 radical (unpaired) electrons. The Morgan fingerprint density at radius 3 is 1.53 bits per heavy atom. The Hall–Kier alpha value is -9.33. The van der Waals surface area contributed by atoms with Crippen LogP contribution in [0.1, 0.15) is 68.8 Å². The third-order valence-corrected chi connectivity index (χ3v) is 13.8. The molecule has 0 aliphatic heterocycles. The Labute approximate surface area is 471 Å². The van der Waals surface area contributed by atoms with Gasteiger partial charge in [0, 0.05) is 0 Å². The number of hydrogen-bond donors (Lipinski definition) is 4. The Morgan fingerprint density at radius 2 is 0.975 bits per heavy atom. The average molecular weight is 1100 g/mol. The summed E-state index contributed by atoms with van der Waals surface area (Å²) in [5, 5.41) is 5.14. The summed E-state index contributed by atoms with van der Waals surface area (Å²) in [5.41, 5.74) is 17.4. The van der Waals surface area contributed by atoms with Crippen molar-refractivity contribution in [3.8, 4) is 11.4 Å². The third kappa shape index (κ3) is 12.3. The molecular formula is C62H59ClN14O4. The first-order chi connectivity index (χ1) is 39.3. The minimum atomic E-state index is -0.550. The number of benzene rings is 6. The molecule has 2 atom stereocenters. The molecule has 0 amide bonds. The Balaban J connectivity index is 0.000000157. The third-order valence-electron chi connectivity index (χ3n) is 13.5. The molecule has 81 heavy (non-hydrogen) atoms. The van der Waals surface area contributed by atoms with E-state index in [1.165, 1.54) is 0 Å². The number of rotatable bonds is 14. The number of para-hydroxylation sites is 2. The van der Waals surface area contributed by atoms with Crippen LogP contribution in [0.15, 0.2) is 168 Å². The fraction of sp³-hybridized carbons (Fsp3) is 0.194. The van der Waals surface area contributed by atoms with Gasteiger partial charge >= 0.3 is 0 Å². The maximum Gasteiger partial charge on any atom is 0.266 e. The summed E-state index contributed by atoms with van der Waals surface area (Å²) >= 11 is 5.78. The largest absolute Gasteiger partial charge is 0.375 e. The molecule has 0 aliphatic carbocycles. The van der Waals surface area contributed by atoms with Crippen molar-refractivity contribution >= 4 is 61.6 Å². The van der Waals surface area contributed by atoms with Crippen molar-refractivity contribution in [2.24, 2.45) is 5.73 Å². The van der Waals surface area contributed by atoms with Gasteiger partial charge in [-0.3, -0.25) is 18.7 Å². The van der Waals surface area contributed by atoms with Gasteiger partial charge in [-0.25, -0.2) is 39.9 Å². The zero-order chi connectivity index (χ0) is 56.6. The molecule has 0 fully saturated rings. The highest BCUT2D eigenvalue weighted by molar-refractivity contribution is 6.33. The number of aromatic nitrogens is 12. The van der Waals surface area contributed by atoms with Gasteiger partial charge < -0.3 is 30.5 Å². The van der Waals surface area contributed by atoms with Gasteiger partial charge in [-0.05, 0) is 99.2 Å². The van der Waals surface area contributed by atoms with E-state index in [1.54, 1.807) is 28.7 Å². The standard InChI is InChI=1S/C31H29N7O2.C25H25N3O2.C6H5ClN4/c1-19-10-7-8-15-25(19)38-30(37-23-14-9-11-20(2)26(23)31(38)39)24(17-40-16-22-12-5-4-6-13-22)36-29-27-28(33-18-32-27)34-21(3)35-29;1-17-9-6-7-14-22(17)28-24(20(26)16-30-15-19-11-4-3-5-12-19)27-21-13-8-10-18(2)23(21)25(28)29;1-3-10-5(7)4-6(11-3)9-2-8-4/h4-15,18,24H,16-17H2,1-3H3,(H2,32,33,34,35,36);3-14,20H,15-16,26H2,1-2H3;2H,1H3,(H,8,9,10,11). The lowest BCUT2D eigenvalue weighted by atomic mass is 10.1. The summed E-state index contributed by atoms with van der Waals surface area (Å²) in [6.07, 6.45) is 3.13. The molecule has 18 nitrogen and oxygen atoms in total. The maximum absolute atomic E-state index is 14.2. The van der Waals surface area contributed by atoms with Gasteiger partial charge in [0.25, 0.3) is 11.1 Å². The van der Waals surface area contributed by atoms with E-state index in [1.807, 2.05) is 180 Å². The molecule has 0 aliphatic rings. The summed E-state index contributed by atoms with van der Waals surface area (Å²) in [4.78, 5) is 69.0. The van der Waals surface area contributed by atoms with Crippen molar-refractivity contribution in [2.45, 2.75) is 66.8 Å². The summed E-state index contributed by atoms with van der Waals surface area (Å²) < 4.78 is 15.4. The van der Waals surface area contributed by atoms with E-state index < -0.39 is 12.1 Å². The molecule has 0 bridgehead atoms. The number of ether oxygens (including phenoxy) is 2. The van der Waals surface area contributed by atoms with Crippen LogP contribution in [0.4, 0.5) is 5.82 Å². The minimum absolute atomic E-state index is 0.110. The second-order valence-electron chi connectivity index (χ2n) is 19.4. The van der Waals surface area contributed by atoms with Crippen LogP contribution in [0.2, 0.25) is 5.15 Å². The number of aryl methyl sites for hydroxylation is 6. The van der Waals surface area contributed by atoms with Crippen LogP contribution in [-0.4, -0.2) is 72.2 Å². The van der Waals surface area contributed by atoms with Crippen molar-refractivity contribution in [3.05, 3.63) is 241 Å². The van der Waals surface area contributed by atoms with Crippen molar-refractivity contribution in [3.63, 3.8) is 0 Å². The van der Waals surface area contributed by atoms with Crippen LogP contribution >= 0.6 is 11.6 Å². The number of H-pyrrole nitrogens is 2. The molecular weight excluding hydrogens is 1040 g/mol. The SMILES string of the molecule is Cc1ccccc1-n1c(C(N)COCc2ccccc2)nc2cccc(C)c2c1=O.Cc1nc(Cl)c2[nH]cnc2n1.Cc1nc(NC(COCc2ccccc2)c2nc3cccc(C)c3c(=O)n2-c2ccccc2C)c2[nH]cnc2n1. The topological polar surface area (TPSA) is 235 Å². The van der Waals surface area contributed by atoms with Crippen LogP contribution in [-0.2, 0) is 22.7 Å². The number of nitrogens with two attached hydrogens (primary N) is 1. The summed E-state index contributed by atoms with van der Waals surface area (Å²) in [5.74, 6) is 2.79. The molecule has 12 aromatic rings. The second kappa shape index (κ2) is 24.8. The number of nitrogens with zero attached hydrogens (tertiary/aromatic N) is 10. The van der Waals surface area contributed by atoms with Crippen LogP contribution in [0, 0.1) is 41.5 Å². The van der Waals surface area contributed by atoms with Crippen LogP contribution in [0.3, 0.4) is 0 Å². The van der Waals surface area contributed by atoms with E-state index in [-0.39, 0.29) is 24.3 Å². The predicted molar refractivity (Wildman–Crippen MR) is 317 cm³/mol. The first-order valence-corrected chi connectivity index (χ1v) is 26.6. The molecule has 5 N–H and O–H groups in total. The van der Waals surface area contributed by atoms with Crippen LogP contribution in [0.25, 0.3) is 55.5 Å². The number of halogens is 1. The Morgan fingerprint density at radius 1 is 0.519 bits per heavy atom. The molecule has 0 spiro atoms. The number of imidazole rings is 2. The minimum Gasteiger partial charge on any atom is -0.375 e. The fourth-order valence-electron chi connectivity index (χ4n) is 9.52. The van der Waals surface area contributed by atoms with Crippen molar-refractivity contribution in [2.75, 3.05) is 18.5 Å². The number of nitrogens with one attached hydrogen (secondary N) is 3. The molecule has 0 saturated carbocycles. The monoisotopic (exact) mass is 1100 g/mol. The lowest BCUT2D eigenvalue weighted by molar-refractivity contribution is 0.105. The molecule has 6 aromatic heterocycles. The quantitative estimate of drug-likeness (QED) is 0.0742. The molecule has 12 rings (SSSR count). The number of anilines is 1. The van der Waals surface area contributed by atoms with Gasteiger partial charge in [0.1, 0.15) is 40.4 Å². The molecule has 6 heterocycles. The van der Waals surface area contributed by atoms with Gasteiger partial charge in [-0.1, -0.05) is 133 Å². The van der Waals surface area contributed by atoms with Gasteiger partial charge in [0.15, 0.2) is 22.3 Å². The molecule has 2 unspecified atom stereocenters. The predicted octanol–water partition coefficient (Wildman–Crippen LogP) is 10.9. The van der Waals surface area contributed by atoms with Crippen molar-refractivity contribution in [1.29, 1.82) is 0 Å².